The topological polar surface area (TPSA) is 80.5 Å². The Morgan fingerprint density at radius 1 is 1.44 bits per heavy atom. The van der Waals surface area contributed by atoms with Crippen molar-refractivity contribution in [2.45, 2.75) is 0 Å². The van der Waals surface area contributed by atoms with Crippen molar-refractivity contribution < 1.29 is 9.53 Å². The van der Waals surface area contributed by atoms with Crippen molar-refractivity contribution in [3.8, 4) is 0 Å². The number of aromatic nitrogens is 1. The Hall–Kier alpha value is -1.50. The van der Waals surface area contributed by atoms with Gasteiger partial charge in [-0.05, 0) is 19.2 Å². The van der Waals surface area contributed by atoms with E-state index in [1.54, 1.807) is 12.3 Å². The smallest absolute Gasteiger partial charge is 0.239 e. The Kier molecular flexibility index (Phi) is 6.93. The molecule has 6 nitrogen and oxygen atoms in total. The highest BCUT2D eigenvalue weighted by Gasteiger charge is 2.14. The number of carbonyl (C=O) groups is 1. The van der Waals surface area contributed by atoms with Crippen molar-refractivity contribution in [3.05, 3.63) is 24.4 Å². The largest absolute Gasteiger partial charge is 0.379 e. The summed E-state index contributed by atoms with van der Waals surface area (Å²) in [4.78, 5) is 17.8. The minimum Gasteiger partial charge on any atom is -0.379 e. The molecule has 0 unspecified atom stereocenters. The molecule has 0 spiro atoms. The molecule has 0 atom stereocenters. The second-order valence-electron chi connectivity index (χ2n) is 3.65. The summed E-state index contributed by atoms with van der Waals surface area (Å²) in [5.74, 6) is 0.571. The summed E-state index contributed by atoms with van der Waals surface area (Å²) in [7, 11) is 1.50. The highest BCUT2D eigenvalue weighted by atomic mass is 16.5. The van der Waals surface area contributed by atoms with E-state index >= 15 is 0 Å². The first-order chi connectivity index (χ1) is 8.84. The number of hydrogen-bond donors (Lipinski definition) is 2. The average molecular weight is 252 g/mol. The minimum atomic E-state index is -0.0272. The molecule has 3 N–H and O–H groups in total. The van der Waals surface area contributed by atoms with E-state index in [2.05, 4.69) is 20.9 Å². The van der Waals surface area contributed by atoms with E-state index in [-0.39, 0.29) is 5.91 Å². The van der Waals surface area contributed by atoms with Crippen molar-refractivity contribution in [2.24, 2.45) is 5.73 Å². The van der Waals surface area contributed by atoms with Gasteiger partial charge in [-0.25, -0.2) is 4.98 Å². The molecule has 6 heteroatoms. The Morgan fingerprint density at radius 3 is 2.78 bits per heavy atom. The van der Waals surface area contributed by atoms with E-state index in [1.807, 2.05) is 12.1 Å². The molecule has 1 aromatic rings. The molecule has 0 bridgehead atoms. The van der Waals surface area contributed by atoms with Gasteiger partial charge >= 0.3 is 0 Å². The molecule has 0 saturated carbocycles. The van der Waals surface area contributed by atoms with Gasteiger partial charge in [-0.15, -0.1) is 0 Å². The van der Waals surface area contributed by atoms with Crippen LogP contribution in [-0.4, -0.2) is 55.7 Å². The molecule has 1 saturated heterocycles. The zero-order chi connectivity index (χ0) is 13.2. The number of carbonyl (C=O) groups excluding carboxylic acids is 1. The Morgan fingerprint density at radius 2 is 2.17 bits per heavy atom. The molecule has 1 amide bonds. The van der Waals surface area contributed by atoms with Crippen LogP contribution in [0.3, 0.4) is 0 Å². The molecule has 1 aliphatic heterocycles. The van der Waals surface area contributed by atoms with Crippen LogP contribution < -0.4 is 11.1 Å². The van der Waals surface area contributed by atoms with Gasteiger partial charge in [0.15, 0.2) is 0 Å². The zero-order valence-corrected chi connectivity index (χ0v) is 10.6. The van der Waals surface area contributed by atoms with Crippen LogP contribution in [0.4, 0.5) is 5.82 Å². The highest BCUT2D eigenvalue weighted by molar-refractivity contribution is 5.91. The number of amides is 1. The van der Waals surface area contributed by atoms with Gasteiger partial charge in [0.25, 0.3) is 0 Å². The monoisotopic (exact) mass is 252 g/mol. The van der Waals surface area contributed by atoms with Gasteiger partial charge in [0.2, 0.25) is 5.91 Å². The molecule has 1 aliphatic rings. The van der Waals surface area contributed by atoms with Crippen LogP contribution in [0.25, 0.3) is 0 Å². The molecular weight excluding hydrogens is 232 g/mol. The summed E-state index contributed by atoms with van der Waals surface area (Å²) in [6.07, 6.45) is 1.66. The molecule has 2 rings (SSSR count). The standard InChI is InChI=1S/C11H15N3O2.CH5N/c15-11(9-14-5-7-16-8-6-14)13-10-3-1-2-4-12-10;1-2/h1-4H,5-9H2,(H,12,13,15);2H2,1H3. The van der Waals surface area contributed by atoms with E-state index in [4.69, 9.17) is 4.74 Å². The van der Waals surface area contributed by atoms with Gasteiger partial charge < -0.3 is 15.8 Å². The van der Waals surface area contributed by atoms with Crippen LogP contribution in [0.1, 0.15) is 0 Å². The third kappa shape index (κ3) is 5.22. The second kappa shape index (κ2) is 8.57. The molecule has 100 valence electrons. The Balaban J connectivity index is 0.000000771. The third-order valence-electron chi connectivity index (χ3n) is 2.40. The van der Waals surface area contributed by atoms with E-state index in [0.717, 1.165) is 13.1 Å². The van der Waals surface area contributed by atoms with Gasteiger partial charge in [-0.3, -0.25) is 9.69 Å². The molecule has 1 fully saturated rings. The molecule has 0 radical (unpaired) electrons. The lowest BCUT2D eigenvalue weighted by molar-refractivity contribution is -0.118. The van der Waals surface area contributed by atoms with E-state index in [0.29, 0.717) is 25.6 Å². The van der Waals surface area contributed by atoms with Crippen LogP contribution in [0.5, 0.6) is 0 Å². The summed E-state index contributed by atoms with van der Waals surface area (Å²) in [6.45, 7) is 3.44. The third-order valence-corrected chi connectivity index (χ3v) is 2.40. The fraction of sp³-hybridized carbons (Fsp3) is 0.500. The molecular formula is C12H20N4O2. The maximum absolute atomic E-state index is 11.6. The number of nitrogens with zero attached hydrogens (tertiary/aromatic N) is 2. The Bertz CT molecular complexity index is 339. The van der Waals surface area contributed by atoms with E-state index < -0.39 is 0 Å². The van der Waals surface area contributed by atoms with Crippen molar-refractivity contribution in [3.63, 3.8) is 0 Å². The van der Waals surface area contributed by atoms with Crippen LogP contribution >= 0.6 is 0 Å². The molecule has 18 heavy (non-hydrogen) atoms. The highest BCUT2D eigenvalue weighted by Crippen LogP contribution is 2.01. The summed E-state index contributed by atoms with van der Waals surface area (Å²) < 4.78 is 5.21. The van der Waals surface area contributed by atoms with Crippen molar-refractivity contribution in [1.82, 2.24) is 9.88 Å². The summed E-state index contributed by atoms with van der Waals surface area (Å²) in [6, 6.07) is 5.44. The van der Waals surface area contributed by atoms with Gasteiger partial charge in [0.1, 0.15) is 5.82 Å². The lowest BCUT2D eigenvalue weighted by atomic mass is 10.4. The summed E-state index contributed by atoms with van der Waals surface area (Å²) in [5.41, 5.74) is 4.50. The number of ether oxygens (including phenoxy) is 1. The van der Waals surface area contributed by atoms with Crippen molar-refractivity contribution in [2.75, 3.05) is 45.2 Å². The van der Waals surface area contributed by atoms with Crippen LogP contribution in [0.15, 0.2) is 24.4 Å². The fourth-order valence-corrected chi connectivity index (χ4v) is 1.58. The minimum absolute atomic E-state index is 0.0272. The zero-order valence-electron chi connectivity index (χ0n) is 10.6. The second-order valence-corrected chi connectivity index (χ2v) is 3.65. The SMILES string of the molecule is CN.O=C(CN1CCOCC1)Nc1ccccn1. The van der Waals surface area contributed by atoms with Crippen LogP contribution in [0.2, 0.25) is 0 Å². The summed E-state index contributed by atoms with van der Waals surface area (Å²) >= 11 is 0. The quantitative estimate of drug-likeness (QED) is 0.787. The maximum Gasteiger partial charge on any atom is 0.239 e. The van der Waals surface area contributed by atoms with Crippen LogP contribution in [-0.2, 0) is 9.53 Å². The number of anilines is 1. The Labute approximate surface area is 107 Å². The normalized spacial score (nSPS) is 15.4. The number of pyridine rings is 1. The maximum atomic E-state index is 11.6. The summed E-state index contributed by atoms with van der Waals surface area (Å²) in [5, 5.41) is 2.76. The van der Waals surface area contributed by atoms with Crippen LogP contribution in [0, 0.1) is 0 Å². The number of rotatable bonds is 3. The number of hydrogen-bond acceptors (Lipinski definition) is 5. The van der Waals surface area contributed by atoms with Gasteiger partial charge in [-0.2, -0.15) is 0 Å². The number of morpholine rings is 1. The number of nitrogens with two attached hydrogens (primary N) is 1. The van der Waals surface area contributed by atoms with Crippen molar-refractivity contribution in [1.29, 1.82) is 0 Å². The molecule has 2 heterocycles. The first-order valence-corrected chi connectivity index (χ1v) is 5.93. The first kappa shape index (κ1) is 14.6. The molecule has 1 aromatic heterocycles. The van der Waals surface area contributed by atoms with Gasteiger partial charge in [0, 0.05) is 19.3 Å². The van der Waals surface area contributed by atoms with Gasteiger partial charge in [-0.1, -0.05) is 6.07 Å². The van der Waals surface area contributed by atoms with E-state index in [9.17, 15) is 4.79 Å². The fourth-order valence-electron chi connectivity index (χ4n) is 1.58. The predicted octanol–water partition coefficient (Wildman–Crippen LogP) is -0.0728. The first-order valence-electron chi connectivity index (χ1n) is 5.93. The average Bonchev–Trinajstić information content (AvgIpc) is 2.43. The number of nitrogens with one attached hydrogen (secondary N) is 1. The lowest BCUT2D eigenvalue weighted by Crippen LogP contribution is -2.41. The predicted molar refractivity (Wildman–Crippen MR) is 70.2 cm³/mol. The molecule has 0 aliphatic carbocycles. The molecule has 0 aromatic carbocycles. The van der Waals surface area contributed by atoms with Gasteiger partial charge in [0.05, 0.1) is 19.8 Å². The van der Waals surface area contributed by atoms with E-state index in [1.165, 1.54) is 7.05 Å². The lowest BCUT2D eigenvalue weighted by Gasteiger charge is -2.25. The van der Waals surface area contributed by atoms with Crippen molar-refractivity contribution >= 4 is 11.7 Å².